The predicted molar refractivity (Wildman–Crippen MR) is 86.4 cm³/mol. The van der Waals surface area contributed by atoms with Crippen LogP contribution in [0.4, 0.5) is 4.79 Å². The maximum absolute atomic E-state index is 12.3. The maximum atomic E-state index is 12.3. The van der Waals surface area contributed by atoms with Crippen LogP contribution in [0.5, 0.6) is 0 Å². The van der Waals surface area contributed by atoms with Crippen LogP contribution in [0, 0.1) is 0 Å². The van der Waals surface area contributed by atoms with E-state index >= 15 is 0 Å². The SMILES string of the molecule is NC(=O)NCc1ccc(C(=O)NC2CCCCCCC2)cc1. The van der Waals surface area contributed by atoms with Crippen LogP contribution in [0.2, 0.25) is 0 Å². The Morgan fingerprint density at radius 3 is 2.18 bits per heavy atom. The molecule has 0 spiro atoms. The fourth-order valence-electron chi connectivity index (χ4n) is 2.83. The summed E-state index contributed by atoms with van der Waals surface area (Å²) in [6.07, 6.45) is 8.41. The summed E-state index contributed by atoms with van der Waals surface area (Å²) in [4.78, 5) is 23.0. The normalized spacial score (nSPS) is 16.4. The summed E-state index contributed by atoms with van der Waals surface area (Å²) >= 11 is 0. The standard InChI is InChI=1S/C17H25N3O2/c18-17(22)19-12-13-8-10-14(11-9-13)16(21)20-15-6-4-2-1-3-5-7-15/h8-11,15H,1-7,12H2,(H,20,21)(H3,18,19,22). The van der Waals surface area contributed by atoms with Crippen molar-refractivity contribution in [2.75, 3.05) is 0 Å². The summed E-state index contributed by atoms with van der Waals surface area (Å²) in [6, 6.07) is 6.99. The third-order valence-electron chi connectivity index (χ3n) is 4.12. The summed E-state index contributed by atoms with van der Waals surface area (Å²) in [5.41, 5.74) is 6.61. The van der Waals surface area contributed by atoms with Crippen molar-refractivity contribution in [3.8, 4) is 0 Å². The van der Waals surface area contributed by atoms with Crippen molar-refractivity contribution >= 4 is 11.9 Å². The molecule has 0 aromatic heterocycles. The molecular formula is C17H25N3O2. The van der Waals surface area contributed by atoms with Crippen molar-refractivity contribution in [1.29, 1.82) is 0 Å². The quantitative estimate of drug-likeness (QED) is 0.799. The van der Waals surface area contributed by atoms with Crippen LogP contribution in [0.15, 0.2) is 24.3 Å². The lowest BCUT2D eigenvalue weighted by Gasteiger charge is -2.21. The molecule has 2 rings (SSSR count). The van der Waals surface area contributed by atoms with Gasteiger partial charge in [-0.2, -0.15) is 0 Å². The zero-order valence-corrected chi connectivity index (χ0v) is 12.9. The molecule has 0 atom stereocenters. The minimum Gasteiger partial charge on any atom is -0.352 e. The van der Waals surface area contributed by atoms with E-state index < -0.39 is 6.03 Å². The number of benzene rings is 1. The smallest absolute Gasteiger partial charge is 0.312 e. The minimum atomic E-state index is -0.550. The van der Waals surface area contributed by atoms with E-state index in [1.807, 2.05) is 12.1 Å². The Kier molecular flexibility index (Phi) is 6.25. The third-order valence-corrected chi connectivity index (χ3v) is 4.12. The molecule has 1 aromatic rings. The molecule has 120 valence electrons. The Balaban J connectivity index is 1.87. The molecule has 5 nitrogen and oxygen atoms in total. The molecule has 5 heteroatoms. The summed E-state index contributed by atoms with van der Waals surface area (Å²) in [5, 5.41) is 5.67. The molecule has 3 amide bonds. The van der Waals surface area contributed by atoms with Crippen LogP contribution < -0.4 is 16.4 Å². The van der Waals surface area contributed by atoms with Gasteiger partial charge in [-0.15, -0.1) is 0 Å². The maximum Gasteiger partial charge on any atom is 0.312 e. The topological polar surface area (TPSA) is 84.2 Å². The van der Waals surface area contributed by atoms with Gasteiger partial charge < -0.3 is 16.4 Å². The highest BCUT2D eigenvalue weighted by molar-refractivity contribution is 5.94. The molecule has 0 heterocycles. The molecule has 1 aliphatic rings. The first kappa shape index (κ1) is 16.3. The second kappa shape index (κ2) is 8.41. The number of carbonyl (C=O) groups is 2. The van der Waals surface area contributed by atoms with Crippen LogP contribution in [0.3, 0.4) is 0 Å². The number of nitrogens with one attached hydrogen (secondary N) is 2. The number of amides is 3. The van der Waals surface area contributed by atoms with Crippen molar-refractivity contribution < 1.29 is 9.59 Å². The average Bonchev–Trinajstić information content (AvgIpc) is 2.48. The molecule has 1 aromatic carbocycles. The largest absolute Gasteiger partial charge is 0.352 e. The second-order valence-corrected chi connectivity index (χ2v) is 5.93. The summed E-state index contributed by atoms with van der Waals surface area (Å²) in [5.74, 6) is -0.0139. The zero-order valence-electron chi connectivity index (χ0n) is 12.9. The molecule has 4 N–H and O–H groups in total. The van der Waals surface area contributed by atoms with E-state index in [4.69, 9.17) is 5.73 Å². The Labute approximate surface area is 131 Å². The van der Waals surface area contributed by atoms with Crippen LogP contribution in [-0.2, 0) is 6.54 Å². The zero-order chi connectivity index (χ0) is 15.8. The lowest BCUT2D eigenvalue weighted by molar-refractivity contribution is 0.0930. The first-order chi connectivity index (χ1) is 10.6. The van der Waals surface area contributed by atoms with E-state index in [0.29, 0.717) is 18.2 Å². The number of primary amides is 1. The fraction of sp³-hybridized carbons (Fsp3) is 0.529. The van der Waals surface area contributed by atoms with E-state index in [1.54, 1.807) is 12.1 Å². The molecular weight excluding hydrogens is 278 g/mol. The molecule has 1 aliphatic carbocycles. The Bertz CT molecular complexity index is 491. The van der Waals surface area contributed by atoms with Crippen LogP contribution in [0.25, 0.3) is 0 Å². The van der Waals surface area contributed by atoms with Gasteiger partial charge in [-0.3, -0.25) is 4.79 Å². The van der Waals surface area contributed by atoms with E-state index in [0.717, 1.165) is 18.4 Å². The Hall–Kier alpha value is -2.04. The van der Waals surface area contributed by atoms with Gasteiger partial charge >= 0.3 is 6.03 Å². The van der Waals surface area contributed by atoms with Crippen molar-refractivity contribution in [3.63, 3.8) is 0 Å². The molecule has 1 saturated carbocycles. The lowest BCUT2D eigenvalue weighted by atomic mass is 9.96. The number of hydrogen-bond acceptors (Lipinski definition) is 2. The Morgan fingerprint density at radius 2 is 1.59 bits per heavy atom. The number of carbonyl (C=O) groups excluding carboxylic acids is 2. The summed E-state index contributed by atoms with van der Waals surface area (Å²) < 4.78 is 0. The second-order valence-electron chi connectivity index (χ2n) is 5.93. The van der Waals surface area contributed by atoms with Crippen molar-refractivity contribution in [1.82, 2.24) is 10.6 Å². The summed E-state index contributed by atoms with van der Waals surface area (Å²) in [7, 11) is 0. The van der Waals surface area contributed by atoms with Crippen molar-refractivity contribution in [2.24, 2.45) is 5.73 Å². The van der Waals surface area contributed by atoms with Gasteiger partial charge in [-0.1, -0.05) is 44.2 Å². The Morgan fingerprint density at radius 1 is 1.00 bits per heavy atom. The predicted octanol–water partition coefficient (Wildman–Crippen LogP) is 2.70. The van der Waals surface area contributed by atoms with E-state index in [1.165, 1.54) is 32.1 Å². The number of rotatable bonds is 4. The fourth-order valence-corrected chi connectivity index (χ4v) is 2.83. The highest BCUT2D eigenvalue weighted by Gasteiger charge is 2.15. The molecule has 22 heavy (non-hydrogen) atoms. The van der Waals surface area contributed by atoms with Crippen LogP contribution in [-0.4, -0.2) is 18.0 Å². The van der Waals surface area contributed by atoms with Crippen molar-refractivity contribution in [3.05, 3.63) is 35.4 Å². The molecule has 0 bridgehead atoms. The van der Waals surface area contributed by atoms with Gasteiger partial charge in [0, 0.05) is 18.2 Å². The van der Waals surface area contributed by atoms with E-state index in [-0.39, 0.29) is 5.91 Å². The van der Waals surface area contributed by atoms with Gasteiger partial charge in [0.25, 0.3) is 5.91 Å². The van der Waals surface area contributed by atoms with Gasteiger partial charge in [-0.05, 0) is 30.5 Å². The molecule has 0 aliphatic heterocycles. The monoisotopic (exact) mass is 303 g/mol. The van der Waals surface area contributed by atoms with Gasteiger partial charge in [0.15, 0.2) is 0 Å². The first-order valence-electron chi connectivity index (χ1n) is 8.08. The van der Waals surface area contributed by atoms with Crippen LogP contribution in [0.1, 0.15) is 60.9 Å². The first-order valence-corrected chi connectivity index (χ1v) is 8.08. The molecule has 0 saturated heterocycles. The molecule has 1 fully saturated rings. The average molecular weight is 303 g/mol. The number of hydrogen-bond donors (Lipinski definition) is 3. The summed E-state index contributed by atoms with van der Waals surface area (Å²) in [6.45, 7) is 0.375. The number of urea groups is 1. The highest BCUT2D eigenvalue weighted by atomic mass is 16.2. The lowest BCUT2D eigenvalue weighted by Crippen LogP contribution is -2.35. The van der Waals surface area contributed by atoms with Gasteiger partial charge in [0.05, 0.1) is 0 Å². The number of nitrogens with two attached hydrogens (primary N) is 1. The van der Waals surface area contributed by atoms with Gasteiger partial charge in [0.2, 0.25) is 0 Å². The van der Waals surface area contributed by atoms with Gasteiger partial charge in [-0.25, -0.2) is 4.79 Å². The molecule has 0 radical (unpaired) electrons. The van der Waals surface area contributed by atoms with Crippen LogP contribution >= 0.6 is 0 Å². The van der Waals surface area contributed by atoms with Gasteiger partial charge in [0.1, 0.15) is 0 Å². The van der Waals surface area contributed by atoms with Crippen molar-refractivity contribution in [2.45, 2.75) is 57.5 Å². The third kappa shape index (κ3) is 5.39. The highest BCUT2D eigenvalue weighted by Crippen LogP contribution is 2.17. The molecule has 0 unspecified atom stereocenters. The van der Waals surface area contributed by atoms with E-state index in [2.05, 4.69) is 10.6 Å². The minimum absolute atomic E-state index is 0.0139. The van der Waals surface area contributed by atoms with E-state index in [9.17, 15) is 9.59 Å².